The van der Waals surface area contributed by atoms with E-state index in [1.165, 1.54) is 115 Å². The summed E-state index contributed by atoms with van der Waals surface area (Å²) in [6.45, 7) is 0. The minimum Gasteiger partial charge on any atom is -0.456 e. The average Bonchev–Trinajstić information content (AvgIpc) is 3.95. The lowest BCUT2D eigenvalue weighted by Gasteiger charge is -2.37. The van der Waals surface area contributed by atoms with Crippen LogP contribution in [-0.2, 0) is 5.41 Å². The fourth-order valence-corrected chi connectivity index (χ4v) is 10.7. The molecule has 1 heterocycles. The van der Waals surface area contributed by atoms with Crippen molar-refractivity contribution in [3.63, 3.8) is 0 Å². The molecule has 0 amide bonds. The lowest BCUT2D eigenvalue weighted by atomic mass is 9.67. The standard InChI is InChI=1S/C51H49NO/c1-2-10-31-51(32-11-3-1,40-15-8-5-9-16-40)41-23-27-43(28-24-41)52(42-25-21-38(22-26-42)47-34-36-19-20-39(47)33-36)44-29-30-46-49(35-44)53-48-18-12-17-45(50(46)48)37-13-6-4-7-14-37/h4-9,12-18,21-30,35-36,39,47H,1-3,10-11,19-20,31-34H2. The molecule has 0 saturated heterocycles. The van der Waals surface area contributed by atoms with Crippen LogP contribution in [0.15, 0.2) is 150 Å². The van der Waals surface area contributed by atoms with E-state index in [0.717, 1.165) is 40.0 Å². The van der Waals surface area contributed by atoms with E-state index in [2.05, 4.69) is 150 Å². The van der Waals surface area contributed by atoms with E-state index in [0.29, 0.717) is 0 Å². The first-order valence-corrected chi connectivity index (χ1v) is 20.3. The van der Waals surface area contributed by atoms with Gasteiger partial charge in [0.15, 0.2) is 0 Å². The number of hydrogen-bond donors (Lipinski definition) is 0. The number of anilines is 3. The van der Waals surface area contributed by atoms with E-state index >= 15 is 0 Å². The van der Waals surface area contributed by atoms with Gasteiger partial charge in [0.1, 0.15) is 11.2 Å². The summed E-state index contributed by atoms with van der Waals surface area (Å²) in [6.07, 6.45) is 14.6. The van der Waals surface area contributed by atoms with Crippen molar-refractivity contribution in [3.8, 4) is 11.1 Å². The maximum Gasteiger partial charge on any atom is 0.137 e. The molecule has 0 aliphatic heterocycles. The molecule has 264 valence electrons. The quantitative estimate of drug-likeness (QED) is 0.165. The van der Waals surface area contributed by atoms with Crippen molar-refractivity contribution in [3.05, 3.63) is 162 Å². The molecule has 0 radical (unpaired) electrons. The molecule has 6 aromatic carbocycles. The van der Waals surface area contributed by atoms with Gasteiger partial charge in [-0.2, -0.15) is 0 Å². The summed E-state index contributed by atoms with van der Waals surface area (Å²) in [7, 11) is 0. The molecule has 2 nitrogen and oxygen atoms in total. The van der Waals surface area contributed by atoms with Gasteiger partial charge in [-0.15, -0.1) is 0 Å². The van der Waals surface area contributed by atoms with E-state index in [-0.39, 0.29) is 5.41 Å². The van der Waals surface area contributed by atoms with Crippen molar-refractivity contribution < 1.29 is 4.42 Å². The number of benzene rings is 6. The summed E-state index contributed by atoms with van der Waals surface area (Å²) in [4.78, 5) is 2.44. The van der Waals surface area contributed by atoms with Gasteiger partial charge in [-0.25, -0.2) is 0 Å². The topological polar surface area (TPSA) is 16.4 Å². The summed E-state index contributed by atoms with van der Waals surface area (Å²) in [6, 6.07) is 54.5. The number of nitrogens with zero attached hydrogens (tertiary/aromatic N) is 1. The number of hydrogen-bond acceptors (Lipinski definition) is 2. The molecule has 2 heteroatoms. The van der Waals surface area contributed by atoms with Crippen molar-refractivity contribution in [2.75, 3.05) is 4.90 Å². The smallest absolute Gasteiger partial charge is 0.137 e. The Kier molecular flexibility index (Phi) is 8.43. The maximum atomic E-state index is 6.65. The van der Waals surface area contributed by atoms with Crippen LogP contribution in [0.3, 0.4) is 0 Å². The first-order chi connectivity index (χ1) is 26.2. The molecule has 3 fully saturated rings. The van der Waals surface area contributed by atoms with Crippen LogP contribution in [-0.4, -0.2) is 0 Å². The van der Waals surface area contributed by atoms with Gasteiger partial charge >= 0.3 is 0 Å². The van der Waals surface area contributed by atoms with Crippen LogP contribution < -0.4 is 4.90 Å². The van der Waals surface area contributed by atoms with Gasteiger partial charge in [0.25, 0.3) is 0 Å². The molecule has 2 bridgehead atoms. The first kappa shape index (κ1) is 32.6. The molecule has 3 saturated carbocycles. The fraction of sp³-hybridized carbons (Fsp3) is 0.294. The maximum absolute atomic E-state index is 6.65. The Balaban J connectivity index is 1.07. The normalized spacial score (nSPS) is 21.1. The van der Waals surface area contributed by atoms with Crippen LogP contribution in [0.2, 0.25) is 0 Å². The molecule has 3 atom stereocenters. The molecule has 53 heavy (non-hydrogen) atoms. The summed E-state index contributed by atoms with van der Waals surface area (Å²) < 4.78 is 6.65. The van der Waals surface area contributed by atoms with Crippen molar-refractivity contribution >= 4 is 39.0 Å². The van der Waals surface area contributed by atoms with Crippen LogP contribution in [0.1, 0.15) is 93.2 Å². The van der Waals surface area contributed by atoms with Crippen LogP contribution in [0.25, 0.3) is 33.1 Å². The van der Waals surface area contributed by atoms with E-state index in [4.69, 9.17) is 4.42 Å². The Morgan fingerprint density at radius 3 is 1.89 bits per heavy atom. The first-order valence-electron chi connectivity index (χ1n) is 20.3. The van der Waals surface area contributed by atoms with Gasteiger partial charge in [0.05, 0.1) is 0 Å². The van der Waals surface area contributed by atoms with Crippen LogP contribution in [0.4, 0.5) is 17.1 Å². The summed E-state index contributed by atoms with van der Waals surface area (Å²) in [5, 5.41) is 2.33. The molecule has 10 rings (SSSR count). The van der Waals surface area contributed by atoms with E-state index in [9.17, 15) is 0 Å². The second-order valence-electron chi connectivity index (χ2n) is 16.3. The van der Waals surface area contributed by atoms with Crippen molar-refractivity contribution in [2.45, 2.75) is 82.0 Å². The van der Waals surface area contributed by atoms with Crippen molar-refractivity contribution in [2.24, 2.45) is 11.8 Å². The second-order valence-corrected chi connectivity index (χ2v) is 16.3. The van der Waals surface area contributed by atoms with Gasteiger partial charge in [0.2, 0.25) is 0 Å². The molecule has 1 aromatic heterocycles. The summed E-state index contributed by atoms with van der Waals surface area (Å²) in [5.41, 5.74) is 12.2. The molecule has 3 aliphatic carbocycles. The van der Waals surface area contributed by atoms with Gasteiger partial charge in [-0.05, 0) is 120 Å². The third-order valence-corrected chi connectivity index (χ3v) is 13.4. The van der Waals surface area contributed by atoms with Crippen LogP contribution >= 0.6 is 0 Å². The average molecular weight is 692 g/mol. The highest BCUT2D eigenvalue weighted by Gasteiger charge is 2.40. The predicted octanol–water partition coefficient (Wildman–Crippen LogP) is 14.7. The molecular formula is C51H49NO. The molecular weight excluding hydrogens is 643 g/mol. The van der Waals surface area contributed by atoms with Crippen LogP contribution in [0.5, 0.6) is 0 Å². The van der Waals surface area contributed by atoms with Gasteiger partial charge in [-0.3, -0.25) is 0 Å². The lowest BCUT2D eigenvalue weighted by molar-refractivity contribution is 0.366. The zero-order chi connectivity index (χ0) is 35.2. The Hall–Kier alpha value is -5.08. The highest BCUT2D eigenvalue weighted by Crippen LogP contribution is 2.53. The van der Waals surface area contributed by atoms with Gasteiger partial charge in [0, 0.05) is 39.3 Å². The Labute approximate surface area is 314 Å². The SMILES string of the molecule is c1ccc(-c2cccc3oc4cc(N(c5ccc(C6CC7CCC6C7)cc5)c5ccc(C6(c7ccccc7)CCCCCCC6)cc5)ccc4c23)cc1. The van der Waals surface area contributed by atoms with Crippen LogP contribution in [0, 0.1) is 11.8 Å². The van der Waals surface area contributed by atoms with E-state index in [1.54, 1.807) is 0 Å². The molecule has 0 N–H and O–H groups in total. The van der Waals surface area contributed by atoms with E-state index in [1.807, 2.05) is 0 Å². The lowest BCUT2D eigenvalue weighted by Crippen LogP contribution is -2.29. The number of fused-ring (bicyclic) bond motifs is 5. The predicted molar refractivity (Wildman–Crippen MR) is 222 cm³/mol. The number of furan rings is 1. The molecule has 0 spiro atoms. The van der Waals surface area contributed by atoms with Crippen molar-refractivity contribution in [1.29, 1.82) is 0 Å². The largest absolute Gasteiger partial charge is 0.456 e. The fourth-order valence-electron chi connectivity index (χ4n) is 10.7. The second kappa shape index (κ2) is 13.7. The Morgan fingerprint density at radius 1 is 0.528 bits per heavy atom. The third kappa shape index (κ3) is 5.88. The Bertz CT molecular complexity index is 2330. The molecule has 3 unspecified atom stereocenters. The zero-order valence-electron chi connectivity index (χ0n) is 30.7. The van der Waals surface area contributed by atoms with Gasteiger partial charge in [-0.1, -0.05) is 136 Å². The van der Waals surface area contributed by atoms with E-state index < -0.39 is 0 Å². The van der Waals surface area contributed by atoms with Gasteiger partial charge < -0.3 is 9.32 Å². The monoisotopic (exact) mass is 691 g/mol. The van der Waals surface area contributed by atoms with Crippen molar-refractivity contribution in [1.82, 2.24) is 0 Å². The molecule has 7 aromatic rings. The third-order valence-electron chi connectivity index (χ3n) is 13.4. The Morgan fingerprint density at radius 2 is 1.19 bits per heavy atom. The summed E-state index contributed by atoms with van der Waals surface area (Å²) in [5.74, 6) is 2.53. The zero-order valence-corrected chi connectivity index (χ0v) is 30.7. The summed E-state index contributed by atoms with van der Waals surface area (Å²) >= 11 is 0. The highest BCUT2D eigenvalue weighted by atomic mass is 16.3. The molecule has 3 aliphatic rings. The minimum absolute atomic E-state index is 0.0526. The highest BCUT2D eigenvalue weighted by molar-refractivity contribution is 6.13. The number of rotatable bonds is 7. The minimum atomic E-state index is 0.0526.